The molecule has 2 aliphatic heterocycles. The quantitative estimate of drug-likeness (QED) is 0.365. The predicted octanol–water partition coefficient (Wildman–Crippen LogP) is 6.41. The van der Waals surface area contributed by atoms with Gasteiger partial charge in [-0.3, -0.25) is 9.47 Å². The van der Waals surface area contributed by atoms with Crippen LogP contribution in [0.2, 0.25) is 5.02 Å². The van der Waals surface area contributed by atoms with Gasteiger partial charge in [-0.2, -0.15) is 13.2 Å². The third kappa shape index (κ3) is 3.84. The van der Waals surface area contributed by atoms with E-state index in [9.17, 15) is 17.6 Å². The summed E-state index contributed by atoms with van der Waals surface area (Å²) in [6, 6.07) is 10.8. The molecule has 10 heteroatoms. The molecule has 1 saturated heterocycles. The van der Waals surface area contributed by atoms with Crippen molar-refractivity contribution >= 4 is 17.3 Å². The van der Waals surface area contributed by atoms with E-state index in [4.69, 9.17) is 11.6 Å². The third-order valence-corrected chi connectivity index (χ3v) is 8.74. The number of aryl methyl sites for hydroxylation is 1. The third-order valence-electron chi connectivity index (χ3n) is 8.50. The zero-order valence-electron chi connectivity index (χ0n) is 20.9. The van der Waals surface area contributed by atoms with E-state index in [1.165, 1.54) is 18.7 Å². The lowest BCUT2D eigenvalue weighted by Gasteiger charge is -2.59. The lowest BCUT2D eigenvalue weighted by molar-refractivity contribution is -0.224. The maximum absolute atomic E-state index is 14.6. The van der Waals surface area contributed by atoms with Gasteiger partial charge in [-0.05, 0) is 69.0 Å². The number of hydrogen-bond donors (Lipinski definition) is 0. The molecule has 0 radical (unpaired) electrons. The van der Waals surface area contributed by atoms with Crippen LogP contribution in [-0.2, 0) is 13.1 Å². The van der Waals surface area contributed by atoms with Crippen molar-refractivity contribution in [3.05, 3.63) is 70.0 Å². The summed E-state index contributed by atoms with van der Waals surface area (Å²) in [4.78, 5) is 3.47. The molecule has 6 rings (SSSR count). The molecule has 3 heterocycles. The predicted molar refractivity (Wildman–Crippen MR) is 134 cm³/mol. The molecule has 2 aromatic carbocycles. The van der Waals surface area contributed by atoms with Crippen LogP contribution in [0, 0.1) is 18.2 Å². The van der Waals surface area contributed by atoms with Gasteiger partial charge in [-0.1, -0.05) is 23.7 Å². The summed E-state index contributed by atoms with van der Waals surface area (Å²) in [6.07, 6.45) is -2.65. The summed E-state index contributed by atoms with van der Waals surface area (Å²) in [5.74, 6) is 1.23. The maximum atomic E-state index is 14.6. The lowest BCUT2D eigenvalue weighted by Crippen LogP contribution is -2.62. The Kier molecular flexibility index (Phi) is 5.45. The van der Waals surface area contributed by atoms with Gasteiger partial charge in [0.15, 0.2) is 5.82 Å². The number of hydrogen-bond acceptors (Lipinski definition) is 4. The number of aromatic nitrogens is 3. The van der Waals surface area contributed by atoms with Crippen molar-refractivity contribution in [2.75, 3.05) is 18.0 Å². The highest BCUT2D eigenvalue weighted by Gasteiger charge is 2.55. The van der Waals surface area contributed by atoms with Crippen LogP contribution in [0.1, 0.15) is 55.4 Å². The summed E-state index contributed by atoms with van der Waals surface area (Å²) < 4.78 is 58.4. The Labute approximate surface area is 218 Å². The molecule has 2 fully saturated rings. The number of fused-ring (bicyclic) bond motifs is 3. The van der Waals surface area contributed by atoms with Gasteiger partial charge in [0.1, 0.15) is 17.2 Å². The Morgan fingerprint density at radius 2 is 1.73 bits per heavy atom. The van der Waals surface area contributed by atoms with Crippen molar-refractivity contribution in [2.45, 2.75) is 64.3 Å². The molecule has 1 saturated carbocycles. The van der Waals surface area contributed by atoms with Gasteiger partial charge >= 0.3 is 6.18 Å². The summed E-state index contributed by atoms with van der Waals surface area (Å²) in [7, 11) is 0. The minimum absolute atomic E-state index is 0.0179. The SMILES string of the molecule is Cc1cccc(N2CC3(CC(c4nnc5n4-c4ccc(Cl)cc4CN(C(C)(C)C(F)(F)F)C5)C3)C2)c1F. The molecule has 196 valence electrons. The van der Waals surface area contributed by atoms with E-state index in [0.29, 0.717) is 27.7 Å². The Morgan fingerprint density at radius 1 is 1.00 bits per heavy atom. The second kappa shape index (κ2) is 8.17. The van der Waals surface area contributed by atoms with Crippen LogP contribution in [0.5, 0.6) is 0 Å². The molecule has 0 amide bonds. The highest BCUT2D eigenvalue weighted by molar-refractivity contribution is 6.30. The van der Waals surface area contributed by atoms with Crippen LogP contribution in [0.25, 0.3) is 5.69 Å². The minimum atomic E-state index is -4.42. The average Bonchev–Trinajstić information content (AvgIpc) is 3.08. The molecule has 1 spiro atoms. The summed E-state index contributed by atoms with van der Waals surface area (Å²) in [5.41, 5.74) is 0.808. The fraction of sp³-hybridized carbons (Fsp3) is 0.481. The number of benzene rings is 2. The van der Waals surface area contributed by atoms with Crippen molar-refractivity contribution in [1.82, 2.24) is 19.7 Å². The smallest absolute Gasteiger partial charge is 0.368 e. The number of anilines is 1. The average molecular weight is 534 g/mol. The van der Waals surface area contributed by atoms with Crippen LogP contribution in [0.4, 0.5) is 23.2 Å². The van der Waals surface area contributed by atoms with Crippen molar-refractivity contribution in [3.63, 3.8) is 0 Å². The number of halogens is 5. The zero-order chi connectivity index (χ0) is 26.3. The van der Waals surface area contributed by atoms with Crippen LogP contribution < -0.4 is 4.90 Å². The first-order valence-electron chi connectivity index (χ1n) is 12.4. The van der Waals surface area contributed by atoms with E-state index in [1.807, 2.05) is 22.8 Å². The van der Waals surface area contributed by atoms with Gasteiger partial charge < -0.3 is 4.90 Å². The minimum Gasteiger partial charge on any atom is -0.368 e. The van der Waals surface area contributed by atoms with Gasteiger partial charge in [0.05, 0.1) is 17.9 Å². The van der Waals surface area contributed by atoms with E-state index in [1.54, 1.807) is 25.1 Å². The summed E-state index contributed by atoms with van der Waals surface area (Å²) >= 11 is 6.26. The van der Waals surface area contributed by atoms with E-state index in [-0.39, 0.29) is 30.2 Å². The van der Waals surface area contributed by atoms with Crippen LogP contribution in [0.3, 0.4) is 0 Å². The van der Waals surface area contributed by atoms with Gasteiger partial charge in [0.2, 0.25) is 0 Å². The molecule has 0 unspecified atom stereocenters. The summed E-state index contributed by atoms with van der Waals surface area (Å²) in [5, 5.41) is 9.33. The molecule has 0 atom stereocenters. The molecule has 37 heavy (non-hydrogen) atoms. The molecular formula is C27H28ClF4N5. The fourth-order valence-electron chi connectivity index (χ4n) is 6.10. The number of alkyl halides is 3. The van der Waals surface area contributed by atoms with E-state index in [0.717, 1.165) is 37.4 Å². The number of nitrogens with zero attached hydrogens (tertiary/aromatic N) is 5. The topological polar surface area (TPSA) is 37.2 Å². The highest BCUT2D eigenvalue weighted by atomic mass is 35.5. The highest BCUT2D eigenvalue weighted by Crippen LogP contribution is 2.57. The van der Waals surface area contributed by atoms with Crippen molar-refractivity contribution in [3.8, 4) is 5.69 Å². The van der Waals surface area contributed by atoms with Crippen LogP contribution in [0.15, 0.2) is 36.4 Å². The monoisotopic (exact) mass is 533 g/mol. The van der Waals surface area contributed by atoms with Crippen molar-refractivity contribution in [2.24, 2.45) is 5.41 Å². The normalized spacial score (nSPS) is 19.7. The Balaban J connectivity index is 1.27. The molecule has 0 N–H and O–H groups in total. The first-order chi connectivity index (χ1) is 17.4. The van der Waals surface area contributed by atoms with Gasteiger partial charge in [0, 0.05) is 36.0 Å². The Hall–Kier alpha value is -2.65. The van der Waals surface area contributed by atoms with Crippen molar-refractivity contribution < 1.29 is 17.6 Å². The molecule has 3 aromatic rings. The van der Waals surface area contributed by atoms with Crippen LogP contribution >= 0.6 is 11.6 Å². The first-order valence-corrected chi connectivity index (χ1v) is 12.8. The molecule has 1 aliphatic carbocycles. The van der Waals surface area contributed by atoms with E-state index in [2.05, 4.69) is 15.1 Å². The Bertz CT molecular complexity index is 1370. The first kappa shape index (κ1) is 24.7. The largest absolute Gasteiger partial charge is 0.406 e. The lowest BCUT2D eigenvalue weighted by atomic mass is 9.57. The molecule has 0 bridgehead atoms. The maximum Gasteiger partial charge on any atom is 0.406 e. The fourth-order valence-corrected chi connectivity index (χ4v) is 6.30. The molecule has 5 nitrogen and oxygen atoms in total. The van der Waals surface area contributed by atoms with E-state index >= 15 is 0 Å². The molecular weight excluding hydrogens is 506 g/mol. The van der Waals surface area contributed by atoms with Crippen LogP contribution in [-0.4, -0.2) is 44.5 Å². The standard InChI is InChI=1S/C27H28ClF4N5/c1-16-5-4-6-21(23(16)29)35-14-26(15-35)10-18(11-26)24-34-33-22-13-36(25(2,3)27(30,31)32)12-17-9-19(28)7-8-20(17)37(22)24/h4-9,18H,10-15H2,1-3H3. The van der Waals surface area contributed by atoms with Gasteiger partial charge in [0.25, 0.3) is 0 Å². The van der Waals surface area contributed by atoms with E-state index < -0.39 is 11.7 Å². The number of rotatable bonds is 3. The zero-order valence-corrected chi connectivity index (χ0v) is 21.7. The second-order valence-electron chi connectivity index (χ2n) is 11.4. The second-order valence-corrected chi connectivity index (χ2v) is 11.8. The Morgan fingerprint density at radius 3 is 2.43 bits per heavy atom. The van der Waals surface area contributed by atoms with Gasteiger partial charge in [-0.15, -0.1) is 10.2 Å². The summed E-state index contributed by atoms with van der Waals surface area (Å²) in [6.45, 7) is 5.83. The van der Waals surface area contributed by atoms with Crippen molar-refractivity contribution in [1.29, 1.82) is 0 Å². The molecule has 1 aromatic heterocycles. The molecule has 3 aliphatic rings. The van der Waals surface area contributed by atoms with Gasteiger partial charge in [-0.25, -0.2) is 4.39 Å².